The number of halogens is 1. The standard InChI is InChI=1S/C22H18FN3/c23-20-9-6-17(7-10-20)16-26-13-12-19-14-18(8-11-22(19)26)15-24-25-21-4-2-1-3-5-21/h1-15,25H,16H2. The Kier molecular flexibility index (Phi) is 4.48. The van der Waals surface area contributed by atoms with E-state index in [9.17, 15) is 4.39 Å². The van der Waals surface area contributed by atoms with E-state index in [1.807, 2.05) is 54.7 Å². The fraction of sp³-hybridized carbons (Fsp3) is 0.0455. The van der Waals surface area contributed by atoms with Gasteiger partial charge in [0.15, 0.2) is 0 Å². The molecule has 0 aliphatic rings. The fourth-order valence-electron chi connectivity index (χ4n) is 2.92. The Balaban J connectivity index is 1.50. The third kappa shape index (κ3) is 3.64. The van der Waals surface area contributed by atoms with Crippen molar-refractivity contribution in [2.75, 3.05) is 5.43 Å². The first-order chi connectivity index (χ1) is 12.8. The maximum absolute atomic E-state index is 13.0. The van der Waals surface area contributed by atoms with Crippen LogP contribution in [0.4, 0.5) is 10.1 Å². The number of nitrogens with zero attached hydrogens (tertiary/aromatic N) is 2. The van der Waals surface area contributed by atoms with Gasteiger partial charge in [0.1, 0.15) is 5.82 Å². The molecule has 0 saturated carbocycles. The maximum atomic E-state index is 13.0. The molecular formula is C22H18FN3. The van der Waals surface area contributed by atoms with Crippen molar-refractivity contribution in [2.45, 2.75) is 6.54 Å². The predicted molar refractivity (Wildman–Crippen MR) is 105 cm³/mol. The number of fused-ring (bicyclic) bond motifs is 1. The van der Waals surface area contributed by atoms with Crippen LogP contribution in [0.5, 0.6) is 0 Å². The van der Waals surface area contributed by atoms with Gasteiger partial charge in [0.2, 0.25) is 0 Å². The Morgan fingerprint density at radius 2 is 1.73 bits per heavy atom. The van der Waals surface area contributed by atoms with Crippen molar-refractivity contribution in [2.24, 2.45) is 5.10 Å². The summed E-state index contributed by atoms with van der Waals surface area (Å²) < 4.78 is 15.2. The molecule has 4 heteroatoms. The van der Waals surface area contributed by atoms with Gasteiger partial charge in [0.25, 0.3) is 0 Å². The van der Waals surface area contributed by atoms with Crippen molar-refractivity contribution in [1.29, 1.82) is 0 Å². The van der Waals surface area contributed by atoms with Gasteiger partial charge in [-0.05, 0) is 53.6 Å². The molecule has 1 heterocycles. The molecular weight excluding hydrogens is 325 g/mol. The molecule has 1 N–H and O–H groups in total. The molecule has 1 aromatic heterocycles. The van der Waals surface area contributed by atoms with Crippen LogP contribution in [-0.4, -0.2) is 10.8 Å². The average molecular weight is 343 g/mol. The van der Waals surface area contributed by atoms with Crippen LogP contribution >= 0.6 is 0 Å². The number of aromatic nitrogens is 1. The van der Waals surface area contributed by atoms with E-state index in [2.05, 4.69) is 39.5 Å². The second-order valence-electron chi connectivity index (χ2n) is 6.12. The number of hydrogen-bond acceptors (Lipinski definition) is 2. The van der Waals surface area contributed by atoms with Crippen LogP contribution in [0, 0.1) is 5.82 Å². The number of hydrazone groups is 1. The molecule has 0 bridgehead atoms. The lowest BCUT2D eigenvalue weighted by Gasteiger charge is -2.06. The van der Waals surface area contributed by atoms with Crippen LogP contribution in [0.2, 0.25) is 0 Å². The summed E-state index contributed by atoms with van der Waals surface area (Å²) in [5.41, 5.74) is 7.21. The molecule has 0 aliphatic heterocycles. The first kappa shape index (κ1) is 16.1. The van der Waals surface area contributed by atoms with E-state index in [-0.39, 0.29) is 5.82 Å². The number of anilines is 1. The first-order valence-corrected chi connectivity index (χ1v) is 8.45. The number of benzene rings is 3. The Labute approximate surface area is 151 Å². The van der Waals surface area contributed by atoms with Crippen molar-refractivity contribution in [3.8, 4) is 0 Å². The molecule has 0 spiro atoms. The van der Waals surface area contributed by atoms with Crippen LogP contribution in [0.25, 0.3) is 10.9 Å². The van der Waals surface area contributed by atoms with Gasteiger partial charge in [-0.2, -0.15) is 5.10 Å². The Hall–Kier alpha value is -3.40. The Morgan fingerprint density at radius 1 is 0.923 bits per heavy atom. The SMILES string of the molecule is Fc1ccc(Cn2ccc3cc(C=NNc4ccccc4)ccc32)cc1. The quantitative estimate of drug-likeness (QED) is 0.388. The number of para-hydroxylation sites is 1. The van der Waals surface area contributed by atoms with Gasteiger partial charge < -0.3 is 4.57 Å². The molecule has 4 aromatic rings. The van der Waals surface area contributed by atoms with Gasteiger partial charge in [-0.3, -0.25) is 5.43 Å². The summed E-state index contributed by atoms with van der Waals surface area (Å²) in [5, 5.41) is 5.43. The zero-order valence-corrected chi connectivity index (χ0v) is 14.1. The zero-order chi connectivity index (χ0) is 17.8. The van der Waals surface area contributed by atoms with Crippen LogP contribution < -0.4 is 5.43 Å². The van der Waals surface area contributed by atoms with Crippen LogP contribution in [0.3, 0.4) is 0 Å². The van der Waals surface area contributed by atoms with E-state index in [1.54, 1.807) is 0 Å². The highest BCUT2D eigenvalue weighted by Gasteiger charge is 2.03. The average Bonchev–Trinajstić information content (AvgIpc) is 3.07. The van der Waals surface area contributed by atoms with E-state index in [0.29, 0.717) is 6.54 Å². The highest BCUT2D eigenvalue weighted by molar-refractivity contribution is 5.89. The third-order valence-corrected chi connectivity index (χ3v) is 4.24. The topological polar surface area (TPSA) is 29.3 Å². The van der Waals surface area contributed by atoms with Crippen LogP contribution in [0.15, 0.2) is 90.2 Å². The molecule has 3 aromatic carbocycles. The van der Waals surface area contributed by atoms with Crippen molar-refractivity contribution >= 4 is 22.8 Å². The summed E-state index contributed by atoms with van der Waals surface area (Å²) in [6.07, 6.45) is 3.86. The fourth-order valence-corrected chi connectivity index (χ4v) is 2.92. The molecule has 0 saturated heterocycles. The van der Waals surface area contributed by atoms with Crippen molar-refractivity contribution in [3.05, 3.63) is 102 Å². The molecule has 0 fully saturated rings. The predicted octanol–water partition coefficient (Wildman–Crippen LogP) is 5.27. The number of rotatable bonds is 5. The summed E-state index contributed by atoms with van der Waals surface area (Å²) in [4.78, 5) is 0. The van der Waals surface area contributed by atoms with Crippen LogP contribution in [0.1, 0.15) is 11.1 Å². The summed E-state index contributed by atoms with van der Waals surface area (Å²) in [5.74, 6) is -0.209. The maximum Gasteiger partial charge on any atom is 0.123 e. The molecule has 128 valence electrons. The molecule has 0 amide bonds. The van der Waals surface area contributed by atoms with Gasteiger partial charge >= 0.3 is 0 Å². The molecule has 0 radical (unpaired) electrons. The highest BCUT2D eigenvalue weighted by Crippen LogP contribution is 2.19. The third-order valence-electron chi connectivity index (χ3n) is 4.24. The summed E-state index contributed by atoms with van der Waals surface area (Å²) in [7, 11) is 0. The summed E-state index contributed by atoms with van der Waals surface area (Å²) >= 11 is 0. The van der Waals surface area contributed by atoms with Crippen molar-refractivity contribution in [1.82, 2.24) is 4.57 Å². The lowest BCUT2D eigenvalue weighted by molar-refractivity contribution is 0.626. The van der Waals surface area contributed by atoms with Gasteiger partial charge in [-0.1, -0.05) is 36.4 Å². The number of hydrogen-bond donors (Lipinski definition) is 1. The van der Waals surface area contributed by atoms with Crippen molar-refractivity contribution < 1.29 is 4.39 Å². The first-order valence-electron chi connectivity index (χ1n) is 8.45. The zero-order valence-electron chi connectivity index (χ0n) is 14.1. The number of nitrogens with one attached hydrogen (secondary N) is 1. The van der Waals surface area contributed by atoms with E-state index >= 15 is 0 Å². The normalized spacial score (nSPS) is 11.3. The second kappa shape index (κ2) is 7.23. The Morgan fingerprint density at radius 3 is 2.54 bits per heavy atom. The smallest absolute Gasteiger partial charge is 0.123 e. The lowest BCUT2D eigenvalue weighted by Crippen LogP contribution is -1.98. The second-order valence-corrected chi connectivity index (χ2v) is 6.12. The largest absolute Gasteiger partial charge is 0.343 e. The van der Waals surface area contributed by atoms with Gasteiger partial charge in [0.05, 0.1) is 11.9 Å². The van der Waals surface area contributed by atoms with Gasteiger partial charge in [-0.15, -0.1) is 0 Å². The Bertz CT molecular complexity index is 1030. The minimum Gasteiger partial charge on any atom is -0.343 e. The van der Waals surface area contributed by atoms with E-state index < -0.39 is 0 Å². The highest BCUT2D eigenvalue weighted by atomic mass is 19.1. The van der Waals surface area contributed by atoms with Crippen molar-refractivity contribution in [3.63, 3.8) is 0 Å². The molecule has 3 nitrogen and oxygen atoms in total. The minimum absolute atomic E-state index is 0.209. The van der Waals surface area contributed by atoms with Crippen LogP contribution in [-0.2, 0) is 6.54 Å². The lowest BCUT2D eigenvalue weighted by atomic mass is 10.1. The summed E-state index contributed by atoms with van der Waals surface area (Å²) in [6.45, 7) is 0.715. The minimum atomic E-state index is -0.209. The molecule has 0 aliphatic carbocycles. The summed E-state index contributed by atoms with van der Waals surface area (Å²) in [6, 6.07) is 24.8. The van der Waals surface area contributed by atoms with E-state index in [1.165, 1.54) is 12.1 Å². The van der Waals surface area contributed by atoms with Gasteiger partial charge in [0, 0.05) is 23.6 Å². The molecule has 26 heavy (non-hydrogen) atoms. The molecule has 4 rings (SSSR count). The van der Waals surface area contributed by atoms with Gasteiger partial charge in [-0.25, -0.2) is 4.39 Å². The molecule has 0 unspecified atom stereocenters. The monoisotopic (exact) mass is 343 g/mol. The molecule has 0 atom stereocenters. The van der Waals surface area contributed by atoms with E-state index in [0.717, 1.165) is 27.7 Å². The van der Waals surface area contributed by atoms with E-state index in [4.69, 9.17) is 0 Å².